The summed E-state index contributed by atoms with van der Waals surface area (Å²) in [7, 11) is 2.35. The summed E-state index contributed by atoms with van der Waals surface area (Å²) in [5, 5.41) is 2.48. The van der Waals surface area contributed by atoms with E-state index >= 15 is 0 Å². The lowest BCUT2D eigenvalue weighted by molar-refractivity contribution is 0.590. The van der Waals surface area contributed by atoms with Gasteiger partial charge in [-0.2, -0.15) is 0 Å². The van der Waals surface area contributed by atoms with Gasteiger partial charge in [-0.05, 0) is 160 Å². The van der Waals surface area contributed by atoms with E-state index in [9.17, 15) is 0 Å². The maximum absolute atomic E-state index is 6.10. The van der Waals surface area contributed by atoms with Crippen LogP contribution in [0.25, 0.3) is 44.3 Å². The molecule has 0 saturated carbocycles. The minimum absolute atomic E-state index is 0.0442. The van der Waals surface area contributed by atoms with Crippen molar-refractivity contribution >= 4 is 35.6 Å². The zero-order chi connectivity index (χ0) is 44.8. The van der Waals surface area contributed by atoms with Gasteiger partial charge < -0.3 is 4.48 Å². The monoisotopic (exact) mass is 835 g/mol. The predicted octanol–water partition coefficient (Wildman–Crippen LogP) is 14.7. The molecule has 1 aromatic heterocycles. The molecule has 6 aromatic carbocycles. The third kappa shape index (κ3) is 6.89. The summed E-state index contributed by atoms with van der Waals surface area (Å²) in [4.78, 5) is 6.10. The second kappa shape index (κ2) is 15.7. The quantitative estimate of drug-likeness (QED) is 0.157. The van der Waals surface area contributed by atoms with Crippen molar-refractivity contribution in [2.45, 2.75) is 119 Å². The van der Waals surface area contributed by atoms with Crippen molar-refractivity contribution in [3.8, 4) is 22.4 Å². The summed E-state index contributed by atoms with van der Waals surface area (Å²) in [6.45, 7) is 23.1. The van der Waals surface area contributed by atoms with Gasteiger partial charge in [0.05, 0.1) is 11.4 Å². The highest BCUT2D eigenvalue weighted by Gasteiger charge is 2.36. The Hall–Kier alpha value is -5.93. The summed E-state index contributed by atoms with van der Waals surface area (Å²) < 4.78 is 2.59. The molecule has 0 N–H and O–H groups in total. The Morgan fingerprint density at radius 3 is 1.75 bits per heavy atom. The number of aliphatic imine (C=N–C) groups is 1. The maximum atomic E-state index is 6.10. The summed E-state index contributed by atoms with van der Waals surface area (Å²) in [5.41, 5.74) is 29.2. The molecule has 7 aromatic rings. The van der Waals surface area contributed by atoms with E-state index in [4.69, 9.17) is 4.99 Å². The molecule has 64 heavy (non-hydrogen) atoms. The zero-order valence-electron chi connectivity index (χ0n) is 40.1. The molecule has 0 fully saturated rings. The Kier molecular flexibility index (Phi) is 10.3. The Morgan fingerprint density at radius 1 is 0.562 bits per heavy atom. The second-order valence-electron chi connectivity index (χ2n) is 21.1. The van der Waals surface area contributed by atoms with Crippen LogP contribution in [0.15, 0.2) is 132 Å². The number of nitrogens with zero attached hydrogens (tertiary/aromatic N) is 2. The highest BCUT2D eigenvalue weighted by molar-refractivity contribution is 6.25. The number of allylic oxidation sites excluding steroid dienone is 2. The van der Waals surface area contributed by atoms with Gasteiger partial charge in [0.25, 0.3) is 0 Å². The van der Waals surface area contributed by atoms with Gasteiger partial charge in [-0.1, -0.05) is 157 Å². The molecule has 0 saturated heterocycles. The van der Waals surface area contributed by atoms with Crippen LogP contribution >= 0.6 is 0 Å². The minimum Gasteiger partial charge on any atom is -0.392 e. The van der Waals surface area contributed by atoms with Crippen LogP contribution in [0.3, 0.4) is 0 Å². The van der Waals surface area contributed by atoms with E-state index in [1.165, 1.54) is 122 Å². The number of benzene rings is 6. The van der Waals surface area contributed by atoms with Crippen LogP contribution < -0.4 is 0 Å². The van der Waals surface area contributed by atoms with Gasteiger partial charge in [0, 0.05) is 39.2 Å². The molecule has 3 heteroatoms. The number of aryl methyl sites for hydroxylation is 2. The fourth-order valence-corrected chi connectivity index (χ4v) is 11.2. The number of aromatic nitrogens is 1. The molecule has 0 spiro atoms. The number of hydrogen-bond donors (Lipinski definition) is 0. The van der Waals surface area contributed by atoms with Gasteiger partial charge in [0.15, 0.2) is 0 Å². The van der Waals surface area contributed by atoms with E-state index in [1.807, 2.05) is 0 Å². The summed E-state index contributed by atoms with van der Waals surface area (Å²) in [5.74, 6) is 0. The van der Waals surface area contributed by atoms with Crippen molar-refractivity contribution in [2.75, 3.05) is 0 Å². The Morgan fingerprint density at radius 2 is 1.11 bits per heavy atom. The van der Waals surface area contributed by atoms with Crippen molar-refractivity contribution in [3.63, 3.8) is 0 Å². The maximum Gasteiger partial charge on any atom is 0.223 e. The third-order valence-electron chi connectivity index (χ3n) is 15.1. The van der Waals surface area contributed by atoms with E-state index in [0.29, 0.717) is 0 Å². The molecule has 2 heterocycles. The van der Waals surface area contributed by atoms with Crippen molar-refractivity contribution in [1.82, 2.24) is 4.48 Å². The highest BCUT2D eigenvalue weighted by Crippen LogP contribution is 2.52. The van der Waals surface area contributed by atoms with Crippen molar-refractivity contribution < 1.29 is 0 Å². The Balaban J connectivity index is 1.40. The van der Waals surface area contributed by atoms with Crippen molar-refractivity contribution in [3.05, 3.63) is 199 Å². The molecule has 2 nitrogen and oxygen atoms in total. The van der Waals surface area contributed by atoms with Crippen LogP contribution in [-0.2, 0) is 30.1 Å². The van der Waals surface area contributed by atoms with E-state index in [1.54, 1.807) is 0 Å². The first-order valence-corrected chi connectivity index (χ1v) is 23.8. The molecule has 2 aliphatic carbocycles. The lowest BCUT2D eigenvalue weighted by Crippen LogP contribution is -2.11. The fraction of sp³-hybridized carbons (Fsp3) is 0.295. The van der Waals surface area contributed by atoms with Gasteiger partial charge in [-0.25, -0.2) is 4.99 Å². The SMILES string of the molecule is Bn1c(/C(=C2\N=C3C(=C2c2ccc(C(C)(C)C)cc2)CCCc2c3ccc(C)c2C)c2cccc3ccccc23)c(-c2ccc(C(C)(C)C)cc2)c2c1-c1ccc(C)c(C)c1CCC2. The molecule has 3 aliphatic rings. The molecule has 0 unspecified atom stereocenters. The van der Waals surface area contributed by atoms with Crippen molar-refractivity contribution in [1.29, 1.82) is 0 Å². The number of rotatable bonds is 4. The van der Waals surface area contributed by atoms with E-state index in [2.05, 4.69) is 197 Å². The second-order valence-corrected chi connectivity index (χ2v) is 21.1. The van der Waals surface area contributed by atoms with Gasteiger partial charge in [-0.3, -0.25) is 0 Å². The van der Waals surface area contributed by atoms with E-state index in [-0.39, 0.29) is 10.8 Å². The zero-order valence-corrected chi connectivity index (χ0v) is 40.1. The minimum atomic E-state index is 0.0442. The molecule has 10 rings (SSSR count). The summed E-state index contributed by atoms with van der Waals surface area (Å²) >= 11 is 0. The first-order chi connectivity index (χ1) is 30.6. The largest absolute Gasteiger partial charge is 0.392 e. The number of hydrogen-bond acceptors (Lipinski definition) is 1. The Bertz CT molecular complexity index is 3120. The Labute approximate surface area is 383 Å². The van der Waals surface area contributed by atoms with E-state index in [0.717, 1.165) is 49.9 Å². The first-order valence-electron chi connectivity index (χ1n) is 23.8. The van der Waals surface area contributed by atoms with Crippen LogP contribution in [0.5, 0.6) is 0 Å². The smallest absolute Gasteiger partial charge is 0.223 e. The average molecular weight is 835 g/mol. The normalized spacial score (nSPS) is 15.9. The third-order valence-corrected chi connectivity index (χ3v) is 15.1. The van der Waals surface area contributed by atoms with Gasteiger partial charge in [0.2, 0.25) is 7.98 Å². The summed E-state index contributed by atoms with van der Waals surface area (Å²) in [6, 6.07) is 44.4. The lowest BCUT2D eigenvalue weighted by Gasteiger charge is -2.22. The van der Waals surface area contributed by atoms with Crippen molar-refractivity contribution in [2.24, 2.45) is 4.99 Å². The molecular formula is C61H63BN2. The highest BCUT2D eigenvalue weighted by atomic mass is 14.9. The fourth-order valence-electron chi connectivity index (χ4n) is 11.2. The molecule has 0 bridgehead atoms. The average Bonchev–Trinajstić information content (AvgIpc) is 3.60. The van der Waals surface area contributed by atoms with Crippen LogP contribution in [-0.4, -0.2) is 18.2 Å². The molecule has 320 valence electrons. The van der Waals surface area contributed by atoms with Crippen LogP contribution in [0, 0.1) is 27.7 Å². The van der Waals surface area contributed by atoms with Crippen LogP contribution in [0.1, 0.15) is 133 Å². The van der Waals surface area contributed by atoms with Gasteiger partial charge in [-0.15, -0.1) is 0 Å². The standard InChI is InChI=1S/C61H63BN2/c1-36-24-34-49-45(38(36)3)19-14-22-51-53(41-26-30-43(31-27-41)60(5,6)7)57(63-56(49)51)55(48-21-13-17-40-16-11-12-18-47(40)48)59-54(42-28-32-44(33-29-42)61(8,9)10)52-23-15-20-46-39(4)37(2)25-35-50(46)58(52)64(59)62/h11-13,16-18,21,24-35H,14-15,19-20,22-23,62H2,1-10H3/b57-55-. The molecule has 0 amide bonds. The van der Waals surface area contributed by atoms with Crippen LogP contribution in [0.2, 0.25) is 0 Å². The topological polar surface area (TPSA) is 17.3 Å². The van der Waals surface area contributed by atoms with Gasteiger partial charge in [0.1, 0.15) is 0 Å². The van der Waals surface area contributed by atoms with E-state index < -0.39 is 0 Å². The number of fused-ring (bicyclic) bond motifs is 7. The molecule has 0 radical (unpaired) electrons. The first kappa shape index (κ1) is 42.0. The lowest BCUT2D eigenvalue weighted by atomic mass is 9.83. The van der Waals surface area contributed by atoms with Gasteiger partial charge >= 0.3 is 0 Å². The summed E-state index contributed by atoms with van der Waals surface area (Å²) in [6.07, 6.45) is 6.33. The van der Waals surface area contributed by atoms with Crippen LogP contribution in [0.4, 0.5) is 0 Å². The molecule has 0 atom stereocenters. The molecule has 1 aliphatic heterocycles. The predicted molar refractivity (Wildman–Crippen MR) is 277 cm³/mol. The molecular weight excluding hydrogens is 771 g/mol.